The number of pyridine rings is 1. The van der Waals surface area contributed by atoms with Crippen molar-refractivity contribution in [1.29, 1.82) is 0 Å². The molecule has 2 aliphatic heterocycles. The molecule has 1 aromatic carbocycles. The highest BCUT2D eigenvalue weighted by Crippen LogP contribution is 2.58. The molecular formula is C20H20FN3O2. The van der Waals surface area contributed by atoms with Gasteiger partial charge in [-0.1, -0.05) is 6.07 Å². The van der Waals surface area contributed by atoms with Crippen molar-refractivity contribution < 1.29 is 13.9 Å². The summed E-state index contributed by atoms with van der Waals surface area (Å²) in [5.74, 6) is 0.466. The minimum absolute atomic E-state index is 0.178. The van der Waals surface area contributed by atoms with Crippen LogP contribution < -0.4 is 10.5 Å². The molecule has 0 bridgehead atoms. The molecule has 0 radical (unpaired) electrons. The Bertz CT molecular complexity index is 931. The minimum Gasteiger partial charge on any atom is -0.487 e. The summed E-state index contributed by atoms with van der Waals surface area (Å²) in [5.41, 5.74) is 7.18. The molecule has 3 atom stereocenters. The molecule has 6 heteroatoms. The predicted molar refractivity (Wildman–Crippen MR) is 95.3 cm³/mol. The lowest BCUT2D eigenvalue weighted by atomic mass is 9.69. The second kappa shape index (κ2) is 5.19. The van der Waals surface area contributed by atoms with Gasteiger partial charge in [-0.2, -0.15) is 4.39 Å². The number of benzene rings is 1. The molecule has 134 valence electrons. The number of hydrogen-bond donors (Lipinski definition) is 1. The zero-order valence-corrected chi connectivity index (χ0v) is 14.5. The van der Waals surface area contributed by atoms with Crippen LogP contribution in [0.5, 0.6) is 5.75 Å². The zero-order valence-electron chi connectivity index (χ0n) is 14.5. The normalized spacial score (nSPS) is 31.8. The number of halogens is 1. The molecule has 0 amide bonds. The van der Waals surface area contributed by atoms with Gasteiger partial charge in [-0.15, -0.1) is 0 Å². The Morgan fingerprint density at radius 3 is 2.96 bits per heavy atom. The lowest BCUT2D eigenvalue weighted by molar-refractivity contribution is -0.0210. The molecule has 0 saturated heterocycles. The molecular weight excluding hydrogens is 333 g/mol. The summed E-state index contributed by atoms with van der Waals surface area (Å²) >= 11 is 0. The molecule has 1 aromatic heterocycles. The lowest BCUT2D eigenvalue weighted by Gasteiger charge is -2.47. The van der Waals surface area contributed by atoms with E-state index >= 15 is 0 Å². The summed E-state index contributed by atoms with van der Waals surface area (Å²) < 4.78 is 26.2. The van der Waals surface area contributed by atoms with Crippen LogP contribution in [-0.4, -0.2) is 23.2 Å². The Kier molecular flexibility index (Phi) is 3.12. The highest BCUT2D eigenvalue weighted by atomic mass is 19.1. The lowest BCUT2D eigenvalue weighted by Crippen LogP contribution is -2.52. The smallest absolute Gasteiger partial charge is 0.283 e. The summed E-state index contributed by atoms with van der Waals surface area (Å²) in [7, 11) is 0. The fourth-order valence-corrected chi connectivity index (χ4v) is 4.93. The van der Waals surface area contributed by atoms with Crippen molar-refractivity contribution in [2.75, 3.05) is 6.61 Å². The van der Waals surface area contributed by atoms with Gasteiger partial charge in [-0.25, -0.2) is 9.98 Å². The van der Waals surface area contributed by atoms with Gasteiger partial charge in [-0.05, 0) is 56.0 Å². The van der Waals surface area contributed by atoms with E-state index in [-0.39, 0.29) is 17.5 Å². The fourth-order valence-electron chi connectivity index (χ4n) is 4.93. The van der Waals surface area contributed by atoms with Crippen molar-refractivity contribution in [3.8, 4) is 16.9 Å². The molecule has 2 N–H and O–H groups in total. The molecule has 1 saturated carbocycles. The summed E-state index contributed by atoms with van der Waals surface area (Å²) in [6.07, 6.45) is 4.51. The van der Waals surface area contributed by atoms with Crippen molar-refractivity contribution in [3.05, 3.63) is 48.0 Å². The topological polar surface area (TPSA) is 69.7 Å². The number of aromatic nitrogens is 1. The van der Waals surface area contributed by atoms with Crippen LogP contribution >= 0.6 is 0 Å². The third kappa shape index (κ3) is 2.01. The van der Waals surface area contributed by atoms with Crippen LogP contribution in [0, 0.1) is 11.9 Å². The van der Waals surface area contributed by atoms with Gasteiger partial charge in [0.25, 0.3) is 6.02 Å². The molecule has 3 heterocycles. The number of rotatable bonds is 1. The van der Waals surface area contributed by atoms with Crippen LogP contribution in [-0.2, 0) is 10.3 Å². The number of aliphatic imine (C=N–C) groups is 1. The maximum Gasteiger partial charge on any atom is 0.283 e. The first-order valence-electron chi connectivity index (χ1n) is 8.94. The SMILES string of the molecule is C[C@]12CCC[C@H]1C1(COC(N)=N1)c1cc(-c3cccnc3F)ccc1O2. The van der Waals surface area contributed by atoms with Crippen molar-refractivity contribution in [2.45, 2.75) is 37.3 Å². The maximum absolute atomic E-state index is 14.2. The highest BCUT2D eigenvalue weighted by molar-refractivity contribution is 5.75. The Balaban J connectivity index is 1.72. The van der Waals surface area contributed by atoms with Crippen LogP contribution in [0.25, 0.3) is 11.1 Å². The molecule has 1 spiro atoms. The number of fused-ring (bicyclic) bond motifs is 4. The Morgan fingerprint density at radius 2 is 2.19 bits per heavy atom. The zero-order chi connectivity index (χ0) is 17.9. The maximum atomic E-state index is 14.2. The van der Waals surface area contributed by atoms with E-state index in [1.165, 1.54) is 6.20 Å². The average Bonchev–Trinajstić information content (AvgIpc) is 3.20. The Labute approximate surface area is 151 Å². The third-order valence-corrected chi connectivity index (χ3v) is 6.09. The number of hydrogen-bond acceptors (Lipinski definition) is 5. The molecule has 5 rings (SSSR count). The quantitative estimate of drug-likeness (QED) is 0.798. The van der Waals surface area contributed by atoms with Crippen LogP contribution in [0.4, 0.5) is 4.39 Å². The first-order chi connectivity index (χ1) is 12.5. The number of nitrogens with two attached hydrogens (primary N) is 1. The van der Waals surface area contributed by atoms with E-state index in [4.69, 9.17) is 20.2 Å². The van der Waals surface area contributed by atoms with E-state index in [0.29, 0.717) is 12.2 Å². The van der Waals surface area contributed by atoms with Crippen LogP contribution in [0.15, 0.2) is 41.5 Å². The number of nitrogens with zero attached hydrogens (tertiary/aromatic N) is 2. The van der Waals surface area contributed by atoms with E-state index < -0.39 is 11.5 Å². The fraction of sp³-hybridized carbons (Fsp3) is 0.400. The van der Waals surface area contributed by atoms with Crippen LogP contribution in [0.1, 0.15) is 31.7 Å². The van der Waals surface area contributed by atoms with Crippen LogP contribution in [0.2, 0.25) is 0 Å². The largest absolute Gasteiger partial charge is 0.487 e. The third-order valence-electron chi connectivity index (χ3n) is 6.09. The molecule has 3 aliphatic rings. The molecule has 5 nitrogen and oxygen atoms in total. The summed E-state index contributed by atoms with van der Waals surface area (Å²) in [6, 6.07) is 9.40. The summed E-state index contributed by atoms with van der Waals surface area (Å²) in [4.78, 5) is 8.51. The second-order valence-corrected chi connectivity index (χ2v) is 7.58. The van der Waals surface area contributed by atoms with E-state index in [1.54, 1.807) is 12.1 Å². The predicted octanol–water partition coefficient (Wildman–Crippen LogP) is 3.38. The standard InChI is InChI=1S/C20H20FN3O2/c1-19-8-2-5-16(19)20(11-25-18(22)24-20)14-10-12(6-7-15(14)26-19)13-4-3-9-23-17(13)21/h3-4,6-7,9-10,16H,2,5,8,11H2,1H3,(H2,22,24)/t16-,19+,20?/m1/s1. The van der Waals surface area contributed by atoms with Gasteiger partial charge < -0.3 is 15.2 Å². The molecule has 1 fully saturated rings. The van der Waals surface area contributed by atoms with Crippen molar-refractivity contribution in [3.63, 3.8) is 0 Å². The summed E-state index contributed by atoms with van der Waals surface area (Å²) in [5, 5.41) is 0. The number of ether oxygens (including phenoxy) is 2. The van der Waals surface area contributed by atoms with Gasteiger partial charge in [0.05, 0.1) is 0 Å². The van der Waals surface area contributed by atoms with Crippen molar-refractivity contribution in [2.24, 2.45) is 16.6 Å². The van der Waals surface area contributed by atoms with Gasteiger partial charge >= 0.3 is 0 Å². The van der Waals surface area contributed by atoms with Gasteiger partial charge in [0.2, 0.25) is 5.95 Å². The minimum atomic E-state index is -0.572. The average molecular weight is 353 g/mol. The van der Waals surface area contributed by atoms with E-state index in [0.717, 1.165) is 36.1 Å². The molecule has 26 heavy (non-hydrogen) atoms. The molecule has 1 unspecified atom stereocenters. The van der Waals surface area contributed by atoms with Gasteiger partial charge in [0, 0.05) is 23.2 Å². The Morgan fingerprint density at radius 1 is 1.31 bits per heavy atom. The van der Waals surface area contributed by atoms with Crippen LogP contribution in [0.3, 0.4) is 0 Å². The monoisotopic (exact) mass is 353 g/mol. The van der Waals surface area contributed by atoms with Gasteiger partial charge in [0.15, 0.2) is 0 Å². The first-order valence-corrected chi connectivity index (χ1v) is 8.94. The summed E-state index contributed by atoms with van der Waals surface area (Å²) in [6.45, 7) is 2.54. The van der Waals surface area contributed by atoms with Crippen molar-refractivity contribution in [1.82, 2.24) is 4.98 Å². The molecule has 2 aromatic rings. The Hall–Kier alpha value is -2.63. The molecule has 1 aliphatic carbocycles. The highest BCUT2D eigenvalue weighted by Gasteiger charge is 2.60. The first kappa shape index (κ1) is 15.6. The van der Waals surface area contributed by atoms with E-state index in [9.17, 15) is 4.39 Å². The van der Waals surface area contributed by atoms with E-state index in [1.807, 2.05) is 18.2 Å². The van der Waals surface area contributed by atoms with Gasteiger partial charge in [0.1, 0.15) is 23.5 Å². The number of amidine groups is 1. The second-order valence-electron chi connectivity index (χ2n) is 7.58. The van der Waals surface area contributed by atoms with Gasteiger partial charge in [-0.3, -0.25) is 0 Å². The van der Waals surface area contributed by atoms with Crippen molar-refractivity contribution >= 4 is 6.02 Å². The van der Waals surface area contributed by atoms with E-state index in [2.05, 4.69) is 11.9 Å².